The Balaban J connectivity index is 1.66. The highest BCUT2D eigenvalue weighted by Crippen LogP contribution is 2.67. The lowest BCUT2D eigenvalue weighted by atomic mass is 9.44. The van der Waals surface area contributed by atoms with E-state index in [0.29, 0.717) is 42.8 Å². The number of aliphatic hydroxyl groups is 1. The molecule has 4 saturated carbocycles. The highest BCUT2D eigenvalue weighted by molar-refractivity contribution is 5.83. The zero-order valence-corrected chi connectivity index (χ0v) is 15.5. The van der Waals surface area contributed by atoms with Crippen molar-refractivity contribution in [2.75, 3.05) is 6.61 Å². The van der Waals surface area contributed by atoms with E-state index in [0.717, 1.165) is 32.1 Å². The van der Waals surface area contributed by atoms with E-state index >= 15 is 4.39 Å². The molecule has 3 nitrogen and oxygen atoms in total. The molecule has 8 atom stereocenters. The zero-order chi connectivity index (χ0) is 18.0. The number of aliphatic hydroxyl groups excluding tert-OH is 1. The molecular weight excluding hydrogens is 319 g/mol. The summed E-state index contributed by atoms with van der Waals surface area (Å²) in [4.78, 5) is 24.2. The Morgan fingerprint density at radius 3 is 2.68 bits per heavy atom. The lowest BCUT2D eigenvalue weighted by molar-refractivity contribution is -0.160. The highest BCUT2D eigenvalue weighted by Gasteiger charge is 2.64. The molecule has 0 amide bonds. The lowest BCUT2D eigenvalue weighted by Crippen LogP contribution is -2.58. The van der Waals surface area contributed by atoms with Gasteiger partial charge in [-0.05, 0) is 73.0 Å². The van der Waals surface area contributed by atoms with Crippen LogP contribution in [0.25, 0.3) is 0 Å². The van der Waals surface area contributed by atoms with Crippen LogP contribution in [-0.2, 0) is 9.59 Å². The highest BCUT2D eigenvalue weighted by atomic mass is 19.1. The first-order valence-corrected chi connectivity index (χ1v) is 10.1. The van der Waals surface area contributed by atoms with Crippen LogP contribution in [0, 0.1) is 40.4 Å². The molecule has 140 valence electrons. The fraction of sp³-hybridized carbons (Fsp3) is 0.905. The van der Waals surface area contributed by atoms with E-state index in [9.17, 15) is 14.7 Å². The van der Waals surface area contributed by atoms with Crippen LogP contribution in [0.5, 0.6) is 0 Å². The van der Waals surface area contributed by atoms with E-state index in [4.69, 9.17) is 0 Å². The third-order valence-corrected chi connectivity index (χ3v) is 8.92. The lowest BCUT2D eigenvalue weighted by Gasteiger charge is -2.61. The first-order chi connectivity index (χ1) is 11.8. The standard InChI is InChI=1S/C21H31FO3/c1-20-8-7-13(24)9-12(20)3-4-14-15-5-6-16(18(25)11-23)21(15,2)10-17(22)19(14)20/h12,14-17,19,23H,3-11H2,1-2H3/t12-,14-,15-,16+,17+,19+,20-,21-/m0/s1. The van der Waals surface area contributed by atoms with Crippen LogP contribution in [0.1, 0.15) is 65.2 Å². The maximum Gasteiger partial charge on any atom is 0.161 e. The van der Waals surface area contributed by atoms with Crippen molar-refractivity contribution in [1.82, 2.24) is 0 Å². The van der Waals surface area contributed by atoms with Crippen molar-refractivity contribution in [3.63, 3.8) is 0 Å². The number of fused-ring (bicyclic) bond motifs is 5. The molecule has 0 heterocycles. The van der Waals surface area contributed by atoms with Gasteiger partial charge in [0.2, 0.25) is 0 Å². The van der Waals surface area contributed by atoms with Crippen molar-refractivity contribution in [2.24, 2.45) is 40.4 Å². The van der Waals surface area contributed by atoms with Crippen LogP contribution in [0.2, 0.25) is 0 Å². The molecule has 0 aromatic rings. The minimum atomic E-state index is -0.889. The van der Waals surface area contributed by atoms with Gasteiger partial charge >= 0.3 is 0 Å². The largest absolute Gasteiger partial charge is 0.389 e. The van der Waals surface area contributed by atoms with Gasteiger partial charge in [0.1, 0.15) is 18.6 Å². The van der Waals surface area contributed by atoms with Gasteiger partial charge in [0.05, 0.1) is 0 Å². The fourth-order valence-electron chi connectivity index (χ4n) is 7.74. The quantitative estimate of drug-likeness (QED) is 0.826. The molecule has 0 aromatic carbocycles. The van der Waals surface area contributed by atoms with Crippen molar-refractivity contribution in [1.29, 1.82) is 0 Å². The first-order valence-electron chi connectivity index (χ1n) is 10.1. The van der Waals surface area contributed by atoms with Crippen LogP contribution in [-0.4, -0.2) is 29.5 Å². The van der Waals surface area contributed by atoms with Gasteiger partial charge in [-0.2, -0.15) is 0 Å². The molecule has 4 heteroatoms. The summed E-state index contributed by atoms with van der Waals surface area (Å²) in [6.07, 6.45) is 5.46. The number of alkyl halides is 1. The Morgan fingerprint density at radius 2 is 1.96 bits per heavy atom. The Bertz CT molecular complexity index is 590. The summed E-state index contributed by atoms with van der Waals surface area (Å²) in [5.41, 5.74) is -0.356. The van der Waals surface area contributed by atoms with Crippen LogP contribution in [0.15, 0.2) is 0 Å². The van der Waals surface area contributed by atoms with Gasteiger partial charge in [-0.25, -0.2) is 4.39 Å². The Morgan fingerprint density at radius 1 is 1.20 bits per heavy atom. The van der Waals surface area contributed by atoms with E-state index in [2.05, 4.69) is 13.8 Å². The number of carbonyl (C=O) groups excluding carboxylic acids is 2. The third-order valence-electron chi connectivity index (χ3n) is 8.92. The van der Waals surface area contributed by atoms with Crippen molar-refractivity contribution in [3.8, 4) is 0 Å². The van der Waals surface area contributed by atoms with Crippen LogP contribution >= 0.6 is 0 Å². The predicted octanol–water partition coefficient (Wildman–Crippen LogP) is 3.72. The smallest absolute Gasteiger partial charge is 0.161 e. The molecule has 4 fully saturated rings. The Labute approximate surface area is 149 Å². The number of rotatable bonds is 2. The topological polar surface area (TPSA) is 54.4 Å². The predicted molar refractivity (Wildman–Crippen MR) is 92.6 cm³/mol. The molecule has 0 saturated heterocycles. The van der Waals surface area contributed by atoms with Crippen molar-refractivity contribution in [3.05, 3.63) is 0 Å². The third kappa shape index (κ3) is 2.39. The molecule has 0 unspecified atom stereocenters. The summed E-state index contributed by atoms with van der Waals surface area (Å²) in [6, 6.07) is 0. The van der Waals surface area contributed by atoms with E-state index in [1.165, 1.54) is 0 Å². The van der Waals surface area contributed by atoms with Gasteiger partial charge in [-0.3, -0.25) is 9.59 Å². The summed E-state index contributed by atoms with van der Waals surface area (Å²) >= 11 is 0. The molecule has 4 aliphatic carbocycles. The van der Waals surface area contributed by atoms with E-state index in [1.807, 2.05) is 0 Å². The summed E-state index contributed by atoms with van der Waals surface area (Å²) in [5.74, 6) is 1.18. The molecule has 1 N–H and O–H groups in total. The SMILES string of the molecule is C[C@]12CCC(=O)C[C@@H]1CC[C@@H]1[C@@H]2[C@H](F)C[C@]2(C)[C@@H](C(=O)CO)CC[C@@H]12. The fourth-order valence-corrected chi connectivity index (χ4v) is 7.74. The summed E-state index contributed by atoms with van der Waals surface area (Å²) in [7, 11) is 0. The zero-order valence-electron chi connectivity index (χ0n) is 15.5. The number of hydrogen-bond acceptors (Lipinski definition) is 3. The van der Waals surface area contributed by atoms with Gasteiger partial charge in [0, 0.05) is 18.8 Å². The molecule has 4 rings (SSSR count). The van der Waals surface area contributed by atoms with Gasteiger partial charge < -0.3 is 5.11 Å². The Hall–Kier alpha value is -0.770. The molecule has 0 aromatic heterocycles. The molecule has 0 radical (unpaired) electrons. The second-order valence-electron chi connectivity index (χ2n) is 9.80. The molecule has 0 aliphatic heterocycles. The number of carbonyl (C=O) groups is 2. The van der Waals surface area contributed by atoms with Gasteiger partial charge in [-0.1, -0.05) is 13.8 Å². The van der Waals surface area contributed by atoms with E-state index in [-0.39, 0.29) is 28.4 Å². The molecule has 0 bridgehead atoms. The number of ketones is 2. The van der Waals surface area contributed by atoms with E-state index < -0.39 is 12.8 Å². The second-order valence-corrected chi connectivity index (χ2v) is 9.80. The maximum absolute atomic E-state index is 15.6. The normalized spacial score (nSPS) is 52.2. The van der Waals surface area contributed by atoms with Crippen LogP contribution < -0.4 is 0 Å². The number of Topliss-reactive ketones (excluding diaryl/α,β-unsaturated/α-hetero) is 2. The number of hydrogen-bond donors (Lipinski definition) is 1. The summed E-state index contributed by atoms with van der Waals surface area (Å²) in [6.45, 7) is 3.92. The van der Waals surface area contributed by atoms with Gasteiger partial charge in [0.15, 0.2) is 5.78 Å². The van der Waals surface area contributed by atoms with Crippen LogP contribution in [0.4, 0.5) is 4.39 Å². The molecule has 4 aliphatic rings. The van der Waals surface area contributed by atoms with Crippen molar-refractivity contribution >= 4 is 11.6 Å². The molecular formula is C21H31FO3. The average molecular weight is 350 g/mol. The molecule has 25 heavy (non-hydrogen) atoms. The maximum atomic E-state index is 15.6. The average Bonchev–Trinajstić information content (AvgIpc) is 2.91. The second kappa shape index (κ2) is 5.87. The van der Waals surface area contributed by atoms with E-state index in [1.54, 1.807) is 0 Å². The van der Waals surface area contributed by atoms with Gasteiger partial charge in [-0.15, -0.1) is 0 Å². The van der Waals surface area contributed by atoms with Crippen molar-refractivity contribution < 1.29 is 19.1 Å². The monoisotopic (exact) mass is 350 g/mol. The van der Waals surface area contributed by atoms with Crippen molar-refractivity contribution in [2.45, 2.75) is 71.4 Å². The Kier molecular flexibility index (Phi) is 4.14. The summed E-state index contributed by atoms with van der Waals surface area (Å²) in [5, 5.41) is 9.34. The minimum Gasteiger partial charge on any atom is -0.389 e. The number of halogens is 1. The van der Waals surface area contributed by atoms with Gasteiger partial charge in [0.25, 0.3) is 0 Å². The van der Waals surface area contributed by atoms with Crippen LogP contribution in [0.3, 0.4) is 0 Å². The first kappa shape index (κ1) is 17.6. The minimum absolute atomic E-state index is 0.0420. The summed E-state index contributed by atoms with van der Waals surface area (Å²) < 4.78 is 15.6. The molecule has 0 spiro atoms.